The lowest BCUT2D eigenvalue weighted by Gasteiger charge is -2.13. The van der Waals surface area contributed by atoms with Crippen LogP contribution in [-0.2, 0) is 0 Å². The molecule has 0 fully saturated rings. The Balaban J connectivity index is 2.50. The van der Waals surface area contributed by atoms with Crippen molar-refractivity contribution in [2.24, 2.45) is 0 Å². The Morgan fingerprint density at radius 3 is 2.79 bits per heavy atom. The van der Waals surface area contributed by atoms with Crippen LogP contribution in [0.2, 0.25) is 0 Å². The molecule has 1 aliphatic rings. The van der Waals surface area contributed by atoms with Gasteiger partial charge in [0.05, 0.1) is 6.04 Å². The van der Waals surface area contributed by atoms with Gasteiger partial charge in [-0.2, -0.15) is 0 Å². The highest BCUT2D eigenvalue weighted by atomic mass is 19.1. The fourth-order valence-electron chi connectivity index (χ4n) is 1.63. The lowest BCUT2D eigenvalue weighted by Crippen LogP contribution is -2.17. The van der Waals surface area contributed by atoms with Crippen LogP contribution in [0.15, 0.2) is 24.3 Å². The topological polar surface area (TPSA) is 12.0 Å². The molecule has 1 heterocycles. The molecule has 0 bridgehead atoms. The van der Waals surface area contributed by atoms with Crippen molar-refractivity contribution in [2.75, 3.05) is 6.54 Å². The fourth-order valence-corrected chi connectivity index (χ4v) is 1.63. The quantitative estimate of drug-likeness (QED) is 0.679. The second kappa shape index (κ2) is 3.50. The van der Waals surface area contributed by atoms with E-state index in [0.29, 0.717) is 12.1 Å². The molecule has 14 heavy (non-hydrogen) atoms. The van der Waals surface area contributed by atoms with Crippen LogP contribution < -0.4 is 5.32 Å². The third-order valence-electron chi connectivity index (χ3n) is 2.41. The Morgan fingerprint density at radius 2 is 2.14 bits per heavy atom. The fraction of sp³-hybridized carbons (Fsp3) is 0.273. The largest absolute Gasteiger partial charge is 0.303 e. The molecule has 0 saturated carbocycles. The second-order valence-electron chi connectivity index (χ2n) is 3.41. The third-order valence-corrected chi connectivity index (χ3v) is 2.41. The Bertz CT molecular complexity index is 385. The predicted molar refractivity (Wildman–Crippen MR) is 51.0 cm³/mol. The average Bonchev–Trinajstić information content (AvgIpc) is 2.65. The van der Waals surface area contributed by atoms with Gasteiger partial charge in [-0.1, -0.05) is 18.2 Å². The van der Waals surface area contributed by atoms with E-state index in [1.54, 1.807) is 13.0 Å². The van der Waals surface area contributed by atoms with Crippen molar-refractivity contribution in [3.05, 3.63) is 47.0 Å². The minimum atomic E-state index is -0.489. The van der Waals surface area contributed by atoms with E-state index < -0.39 is 11.6 Å². The van der Waals surface area contributed by atoms with Crippen molar-refractivity contribution < 1.29 is 8.78 Å². The second-order valence-corrected chi connectivity index (χ2v) is 3.41. The summed E-state index contributed by atoms with van der Waals surface area (Å²) in [6, 6.07) is 2.43. The zero-order chi connectivity index (χ0) is 10.1. The van der Waals surface area contributed by atoms with Crippen molar-refractivity contribution >= 4 is 0 Å². The summed E-state index contributed by atoms with van der Waals surface area (Å²) >= 11 is 0. The summed E-state index contributed by atoms with van der Waals surface area (Å²) in [5.41, 5.74) is 0.599. The molecule has 3 heteroatoms. The minimum Gasteiger partial charge on any atom is -0.303 e. The molecule has 2 rings (SSSR count). The maximum absolute atomic E-state index is 13.6. The molecule has 0 aliphatic carbocycles. The summed E-state index contributed by atoms with van der Waals surface area (Å²) in [4.78, 5) is 0. The van der Waals surface area contributed by atoms with Gasteiger partial charge in [0.2, 0.25) is 0 Å². The monoisotopic (exact) mass is 195 g/mol. The summed E-state index contributed by atoms with van der Waals surface area (Å²) in [5, 5.41) is 2.99. The lowest BCUT2D eigenvalue weighted by molar-refractivity contribution is 0.524. The number of nitrogens with one attached hydrogen (secondary N) is 1. The number of rotatable bonds is 1. The van der Waals surface area contributed by atoms with Gasteiger partial charge in [0.25, 0.3) is 0 Å². The standard InChI is InChI=1S/C11H11F2N/c1-7-4-5-8(12)10(11(7)13)9-3-2-6-14-9/h2-5,9,14H,6H2,1H3. The molecule has 0 aromatic heterocycles. The van der Waals surface area contributed by atoms with Gasteiger partial charge in [0.1, 0.15) is 11.6 Å². The van der Waals surface area contributed by atoms with E-state index >= 15 is 0 Å². The van der Waals surface area contributed by atoms with Gasteiger partial charge in [-0.15, -0.1) is 0 Å². The molecule has 1 aromatic carbocycles. The van der Waals surface area contributed by atoms with Crippen molar-refractivity contribution in [1.82, 2.24) is 5.32 Å². The summed E-state index contributed by atoms with van der Waals surface area (Å²) in [7, 11) is 0. The van der Waals surface area contributed by atoms with Crippen molar-refractivity contribution in [2.45, 2.75) is 13.0 Å². The molecule has 1 aliphatic heterocycles. The molecular weight excluding hydrogens is 184 g/mol. The zero-order valence-electron chi connectivity index (χ0n) is 7.85. The molecule has 0 saturated heterocycles. The highest BCUT2D eigenvalue weighted by Gasteiger charge is 2.20. The summed E-state index contributed by atoms with van der Waals surface area (Å²) < 4.78 is 27.0. The first-order chi connectivity index (χ1) is 6.70. The Kier molecular flexibility index (Phi) is 2.33. The van der Waals surface area contributed by atoms with Crippen LogP contribution >= 0.6 is 0 Å². The number of hydrogen-bond donors (Lipinski definition) is 1. The first-order valence-electron chi connectivity index (χ1n) is 4.54. The predicted octanol–water partition coefficient (Wildman–Crippen LogP) is 2.47. The van der Waals surface area contributed by atoms with Crippen LogP contribution in [0, 0.1) is 18.6 Å². The molecule has 1 aromatic rings. The van der Waals surface area contributed by atoms with Crippen LogP contribution in [-0.4, -0.2) is 6.54 Å². The van der Waals surface area contributed by atoms with E-state index in [2.05, 4.69) is 5.32 Å². The van der Waals surface area contributed by atoms with Gasteiger partial charge in [0.15, 0.2) is 0 Å². The molecular formula is C11H11F2N. The zero-order valence-corrected chi connectivity index (χ0v) is 7.85. The molecule has 0 amide bonds. The molecule has 0 radical (unpaired) electrons. The Morgan fingerprint density at radius 1 is 1.36 bits per heavy atom. The van der Waals surface area contributed by atoms with Gasteiger partial charge in [-0.25, -0.2) is 8.78 Å². The summed E-state index contributed by atoms with van der Waals surface area (Å²) in [6.45, 7) is 2.30. The smallest absolute Gasteiger partial charge is 0.134 e. The number of benzene rings is 1. The van der Waals surface area contributed by atoms with E-state index in [-0.39, 0.29) is 11.6 Å². The van der Waals surface area contributed by atoms with Crippen molar-refractivity contribution in [3.63, 3.8) is 0 Å². The van der Waals surface area contributed by atoms with E-state index in [1.165, 1.54) is 12.1 Å². The number of halogens is 2. The van der Waals surface area contributed by atoms with Crippen molar-refractivity contribution in [3.8, 4) is 0 Å². The van der Waals surface area contributed by atoms with Crippen LogP contribution in [0.5, 0.6) is 0 Å². The maximum Gasteiger partial charge on any atom is 0.134 e. The van der Waals surface area contributed by atoms with E-state index in [1.807, 2.05) is 6.08 Å². The Labute approximate surface area is 81.4 Å². The van der Waals surface area contributed by atoms with E-state index in [9.17, 15) is 8.78 Å². The molecule has 1 nitrogen and oxygen atoms in total. The number of hydrogen-bond acceptors (Lipinski definition) is 1. The molecule has 1 N–H and O–H groups in total. The van der Waals surface area contributed by atoms with Crippen LogP contribution in [0.3, 0.4) is 0 Å². The summed E-state index contributed by atoms with van der Waals surface area (Å²) in [6.07, 6.45) is 3.65. The normalized spacial score (nSPS) is 20.4. The van der Waals surface area contributed by atoms with Gasteiger partial charge < -0.3 is 5.32 Å². The van der Waals surface area contributed by atoms with Crippen LogP contribution in [0.25, 0.3) is 0 Å². The minimum absolute atomic E-state index is 0.124. The lowest BCUT2D eigenvalue weighted by atomic mass is 10.0. The number of aryl methyl sites for hydroxylation is 1. The first-order valence-corrected chi connectivity index (χ1v) is 4.54. The summed E-state index contributed by atoms with van der Waals surface area (Å²) in [5.74, 6) is -0.939. The van der Waals surface area contributed by atoms with Crippen LogP contribution in [0.4, 0.5) is 8.78 Å². The van der Waals surface area contributed by atoms with Gasteiger partial charge in [-0.05, 0) is 18.6 Å². The SMILES string of the molecule is Cc1ccc(F)c(C2C=CCN2)c1F. The van der Waals surface area contributed by atoms with E-state index in [4.69, 9.17) is 0 Å². The Hall–Kier alpha value is -1.22. The van der Waals surface area contributed by atoms with E-state index in [0.717, 1.165) is 0 Å². The highest BCUT2D eigenvalue weighted by molar-refractivity contribution is 5.32. The van der Waals surface area contributed by atoms with Gasteiger partial charge in [-0.3, -0.25) is 0 Å². The van der Waals surface area contributed by atoms with Gasteiger partial charge in [0, 0.05) is 12.1 Å². The first kappa shape index (κ1) is 9.34. The van der Waals surface area contributed by atoms with Crippen LogP contribution in [0.1, 0.15) is 17.2 Å². The average molecular weight is 195 g/mol. The highest BCUT2D eigenvalue weighted by Crippen LogP contribution is 2.25. The van der Waals surface area contributed by atoms with Gasteiger partial charge >= 0.3 is 0 Å². The molecule has 1 unspecified atom stereocenters. The molecule has 0 spiro atoms. The third kappa shape index (κ3) is 1.44. The van der Waals surface area contributed by atoms with Crippen molar-refractivity contribution in [1.29, 1.82) is 0 Å². The molecule has 74 valence electrons. The maximum atomic E-state index is 13.6. The molecule has 1 atom stereocenters.